The van der Waals surface area contributed by atoms with Gasteiger partial charge < -0.3 is 5.32 Å². The van der Waals surface area contributed by atoms with E-state index in [1.807, 2.05) is 36.4 Å². The zero-order valence-electron chi connectivity index (χ0n) is 9.37. The summed E-state index contributed by atoms with van der Waals surface area (Å²) in [5.74, 6) is 0. The summed E-state index contributed by atoms with van der Waals surface area (Å²) >= 11 is 0. The van der Waals surface area contributed by atoms with Gasteiger partial charge in [-0.2, -0.15) is 5.48 Å². The summed E-state index contributed by atoms with van der Waals surface area (Å²) in [6.07, 6.45) is 0. The molecule has 0 bridgehead atoms. The van der Waals surface area contributed by atoms with Crippen LogP contribution in [0.1, 0.15) is 0 Å². The molecule has 2 aromatic carbocycles. The number of hydrogen-bond acceptors (Lipinski definition) is 5. The molecule has 1 heterocycles. The van der Waals surface area contributed by atoms with Crippen LogP contribution in [0, 0.1) is 0 Å². The molecule has 0 aliphatic heterocycles. The van der Waals surface area contributed by atoms with Gasteiger partial charge in [-0.05, 0) is 28.5 Å². The van der Waals surface area contributed by atoms with Crippen molar-refractivity contribution in [2.24, 2.45) is 0 Å². The van der Waals surface area contributed by atoms with Crippen LogP contribution in [-0.2, 0) is 0 Å². The fraction of sp³-hybridized carbons (Fsp3) is 0. The Morgan fingerprint density at radius 1 is 1.00 bits per heavy atom. The first-order chi connectivity index (χ1) is 8.88. The first-order valence-corrected chi connectivity index (χ1v) is 5.43. The van der Waals surface area contributed by atoms with Gasteiger partial charge in [-0.1, -0.05) is 18.2 Å². The number of anilines is 2. The molecule has 0 amide bonds. The van der Waals surface area contributed by atoms with Gasteiger partial charge in [0.2, 0.25) is 5.52 Å². The van der Waals surface area contributed by atoms with Crippen LogP contribution in [0.3, 0.4) is 0 Å². The van der Waals surface area contributed by atoms with Gasteiger partial charge >= 0.3 is 0 Å². The number of benzene rings is 2. The van der Waals surface area contributed by atoms with E-state index in [2.05, 4.69) is 15.6 Å². The second-order valence-corrected chi connectivity index (χ2v) is 3.78. The molecule has 3 aromatic rings. The van der Waals surface area contributed by atoms with Crippen molar-refractivity contribution in [3.63, 3.8) is 0 Å². The number of nitrogens with zero attached hydrogens (tertiary/aromatic N) is 2. The monoisotopic (exact) mass is 243 g/mol. The van der Waals surface area contributed by atoms with Crippen LogP contribution < -0.4 is 10.8 Å². The van der Waals surface area contributed by atoms with Crippen molar-refractivity contribution in [1.29, 1.82) is 0 Å². The van der Waals surface area contributed by atoms with Crippen LogP contribution >= 0.6 is 0 Å². The second-order valence-electron chi connectivity index (χ2n) is 3.78. The maximum atomic E-state index is 9.08. The molecule has 6 heteroatoms. The van der Waals surface area contributed by atoms with Crippen LogP contribution in [-0.4, -0.2) is 15.5 Å². The van der Waals surface area contributed by atoms with Crippen molar-refractivity contribution in [2.75, 3.05) is 5.32 Å². The third-order valence-corrected chi connectivity index (χ3v) is 2.64. The number of fused-ring (bicyclic) bond motifs is 1. The van der Waals surface area contributed by atoms with Crippen LogP contribution in [0.25, 0.3) is 11.0 Å². The zero-order valence-corrected chi connectivity index (χ0v) is 9.37. The lowest BCUT2D eigenvalue weighted by Crippen LogP contribution is -2.73. The molecule has 0 fully saturated rings. The lowest BCUT2D eigenvalue weighted by Gasteiger charge is -2.06. The average Bonchev–Trinajstić information content (AvgIpc) is 2.90. The molecule has 18 heavy (non-hydrogen) atoms. The molecule has 0 spiro atoms. The number of nitrogens with one attached hydrogen (secondary N) is 1. The number of nitrogens with two attached hydrogens (primary N) is 1. The fourth-order valence-corrected chi connectivity index (χ4v) is 1.77. The van der Waals surface area contributed by atoms with Crippen molar-refractivity contribution in [2.45, 2.75) is 0 Å². The number of para-hydroxylation sites is 1. The smallest absolute Gasteiger partial charge is 0.200 e. The molecule has 90 valence electrons. The van der Waals surface area contributed by atoms with E-state index in [0.29, 0.717) is 16.7 Å². The molecule has 6 nitrogen and oxygen atoms in total. The molecule has 0 saturated heterocycles. The Morgan fingerprint density at radius 2 is 1.78 bits per heavy atom. The lowest BCUT2D eigenvalue weighted by molar-refractivity contribution is -0.824. The van der Waals surface area contributed by atoms with Gasteiger partial charge in [0, 0.05) is 11.8 Å². The first kappa shape index (κ1) is 10.7. The normalized spacial score (nSPS) is 10.7. The standard InChI is InChI=1S/C12H10N4O2/c17-14-10-7-6-9(11-12(10)16-18-15-11)13-8-4-2-1-3-5-8/h1-7,13-14,17H/p+1. The molecule has 4 N–H and O–H groups in total. The minimum Gasteiger partial charge on any atom is -0.354 e. The molecule has 0 aliphatic carbocycles. The van der Waals surface area contributed by atoms with Crippen molar-refractivity contribution in [1.82, 2.24) is 10.3 Å². The molecule has 0 saturated carbocycles. The number of quaternary nitrogens is 1. The first-order valence-electron chi connectivity index (χ1n) is 5.43. The predicted octanol–water partition coefficient (Wildman–Crippen LogP) is 1.55. The molecule has 3 rings (SSSR count). The van der Waals surface area contributed by atoms with Crippen LogP contribution in [0.15, 0.2) is 47.1 Å². The highest BCUT2D eigenvalue weighted by Gasteiger charge is 2.14. The van der Waals surface area contributed by atoms with Gasteiger partial charge in [-0.25, -0.2) is 9.84 Å². The summed E-state index contributed by atoms with van der Waals surface area (Å²) in [5, 5.41) is 19.9. The predicted molar refractivity (Wildman–Crippen MR) is 64.9 cm³/mol. The van der Waals surface area contributed by atoms with Crippen molar-refractivity contribution < 1.29 is 15.3 Å². The largest absolute Gasteiger partial charge is 0.354 e. The highest BCUT2D eigenvalue weighted by Crippen LogP contribution is 2.27. The SMILES string of the molecule is O[NH2+]c1ccc(Nc2ccccc2)c2nonc12. The molecule has 0 radical (unpaired) electrons. The quantitative estimate of drug-likeness (QED) is 0.480. The summed E-state index contributed by atoms with van der Waals surface area (Å²) in [6, 6.07) is 13.3. The summed E-state index contributed by atoms with van der Waals surface area (Å²) < 4.78 is 4.71. The Hall–Kier alpha value is -2.44. The molecular formula is C12H11N4O2+. The third kappa shape index (κ3) is 1.79. The number of hydrogen-bond donors (Lipinski definition) is 3. The van der Waals surface area contributed by atoms with E-state index in [-0.39, 0.29) is 0 Å². The van der Waals surface area contributed by atoms with E-state index in [0.717, 1.165) is 16.9 Å². The van der Waals surface area contributed by atoms with Crippen molar-refractivity contribution >= 4 is 28.1 Å². The van der Waals surface area contributed by atoms with E-state index >= 15 is 0 Å². The molecule has 1 aromatic heterocycles. The van der Waals surface area contributed by atoms with Crippen LogP contribution in [0.5, 0.6) is 0 Å². The van der Waals surface area contributed by atoms with E-state index in [9.17, 15) is 0 Å². The van der Waals surface area contributed by atoms with E-state index in [4.69, 9.17) is 9.84 Å². The Bertz CT molecular complexity index is 666. The Labute approximate surface area is 102 Å². The average molecular weight is 243 g/mol. The molecular weight excluding hydrogens is 232 g/mol. The van der Waals surface area contributed by atoms with E-state index in [1.54, 1.807) is 6.07 Å². The van der Waals surface area contributed by atoms with Gasteiger partial charge in [0.1, 0.15) is 0 Å². The third-order valence-electron chi connectivity index (χ3n) is 2.64. The summed E-state index contributed by atoms with van der Waals surface area (Å²) in [4.78, 5) is 0. The van der Waals surface area contributed by atoms with Crippen LogP contribution in [0.2, 0.25) is 0 Å². The minimum atomic E-state index is 0.526. The summed E-state index contributed by atoms with van der Waals surface area (Å²) in [5.41, 5.74) is 4.40. The molecule has 0 unspecified atom stereocenters. The lowest BCUT2D eigenvalue weighted by atomic mass is 10.2. The van der Waals surface area contributed by atoms with E-state index < -0.39 is 0 Å². The Balaban J connectivity index is 2.05. The molecule has 0 atom stereocenters. The molecule has 0 aliphatic rings. The number of rotatable bonds is 3. The highest BCUT2D eigenvalue weighted by atomic mass is 16.6. The van der Waals surface area contributed by atoms with Gasteiger partial charge in [-0.3, -0.25) is 0 Å². The second kappa shape index (κ2) is 4.44. The maximum Gasteiger partial charge on any atom is 0.200 e. The fourth-order valence-electron chi connectivity index (χ4n) is 1.77. The van der Waals surface area contributed by atoms with Crippen molar-refractivity contribution in [3.05, 3.63) is 42.5 Å². The zero-order chi connectivity index (χ0) is 12.4. The van der Waals surface area contributed by atoms with Crippen molar-refractivity contribution in [3.8, 4) is 0 Å². The topological polar surface area (TPSA) is 87.8 Å². The minimum absolute atomic E-state index is 0.526. The van der Waals surface area contributed by atoms with Gasteiger partial charge in [0.05, 0.1) is 5.69 Å². The van der Waals surface area contributed by atoms with Crippen LogP contribution in [0.4, 0.5) is 17.1 Å². The van der Waals surface area contributed by atoms with Gasteiger partial charge in [0.25, 0.3) is 0 Å². The highest BCUT2D eigenvalue weighted by molar-refractivity contribution is 5.94. The summed E-state index contributed by atoms with van der Waals surface area (Å²) in [6.45, 7) is 0. The maximum absolute atomic E-state index is 9.08. The van der Waals surface area contributed by atoms with Gasteiger partial charge in [-0.15, -0.1) is 0 Å². The summed E-state index contributed by atoms with van der Waals surface area (Å²) in [7, 11) is 0. The van der Waals surface area contributed by atoms with E-state index in [1.165, 1.54) is 0 Å². The number of aromatic nitrogens is 2. The Kier molecular flexibility index (Phi) is 2.64. The Morgan fingerprint density at radius 3 is 2.56 bits per heavy atom. The van der Waals surface area contributed by atoms with Gasteiger partial charge in [0.15, 0.2) is 11.2 Å².